The number of hydrogen-bond acceptors (Lipinski definition) is 4. The molecule has 0 fully saturated rings. The van der Waals surface area contributed by atoms with Crippen LogP contribution < -0.4 is 5.32 Å². The second-order valence-corrected chi connectivity index (χ2v) is 3.96. The van der Waals surface area contributed by atoms with E-state index in [1.54, 1.807) is 18.9 Å². The molecule has 0 saturated heterocycles. The zero-order valence-electron chi connectivity index (χ0n) is 8.78. The van der Waals surface area contributed by atoms with E-state index >= 15 is 0 Å². The minimum Gasteiger partial charge on any atom is -0.396 e. The fourth-order valence-corrected chi connectivity index (χ4v) is 1.44. The molecule has 0 aliphatic rings. The van der Waals surface area contributed by atoms with E-state index < -0.39 is 0 Å². The summed E-state index contributed by atoms with van der Waals surface area (Å²) < 4.78 is 4.93. The smallest absolute Gasteiger partial charge is 0.221 e. The maximum atomic E-state index is 11.3. The highest BCUT2D eigenvalue weighted by molar-refractivity contribution is 7.98. The van der Waals surface area contributed by atoms with Gasteiger partial charge in [-0.2, -0.15) is 11.8 Å². The number of hydrogen-bond donors (Lipinski definition) is 2. The van der Waals surface area contributed by atoms with Gasteiger partial charge < -0.3 is 15.2 Å². The zero-order chi connectivity index (χ0) is 10.8. The molecule has 0 aliphatic heterocycles. The standard InChI is InChI=1S/C9H19NO3S/c1-13-7-8(3-5-11)10-9(12)4-6-14-2/h8,11H,3-7H2,1-2H3,(H,10,12). The van der Waals surface area contributed by atoms with Gasteiger partial charge in [0.05, 0.1) is 12.6 Å². The molecule has 1 atom stereocenters. The van der Waals surface area contributed by atoms with Gasteiger partial charge in [-0.25, -0.2) is 0 Å². The van der Waals surface area contributed by atoms with Gasteiger partial charge in [0, 0.05) is 25.9 Å². The van der Waals surface area contributed by atoms with Crippen LogP contribution in [0.25, 0.3) is 0 Å². The third-order valence-corrected chi connectivity index (χ3v) is 2.36. The lowest BCUT2D eigenvalue weighted by Gasteiger charge is -2.16. The van der Waals surface area contributed by atoms with Gasteiger partial charge in [0.1, 0.15) is 0 Å². The highest BCUT2D eigenvalue weighted by atomic mass is 32.2. The summed E-state index contributed by atoms with van der Waals surface area (Å²) in [7, 11) is 1.58. The largest absolute Gasteiger partial charge is 0.396 e. The van der Waals surface area contributed by atoms with Gasteiger partial charge in [-0.05, 0) is 12.7 Å². The molecule has 0 rings (SSSR count). The van der Waals surface area contributed by atoms with E-state index in [1.165, 1.54) is 0 Å². The molecule has 0 bridgehead atoms. The third kappa shape index (κ3) is 7.17. The van der Waals surface area contributed by atoms with E-state index in [2.05, 4.69) is 5.32 Å². The van der Waals surface area contributed by atoms with Crippen molar-refractivity contribution in [3.63, 3.8) is 0 Å². The summed E-state index contributed by atoms with van der Waals surface area (Å²) >= 11 is 1.64. The van der Waals surface area contributed by atoms with Crippen molar-refractivity contribution in [3.8, 4) is 0 Å². The molecule has 0 aromatic rings. The Kier molecular flexibility index (Phi) is 9.13. The van der Waals surface area contributed by atoms with Crippen LogP contribution in [0.2, 0.25) is 0 Å². The van der Waals surface area contributed by atoms with Crippen molar-refractivity contribution in [1.82, 2.24) is 5.32 Å². The van der Waals surface area contributed by atoms with Crippen LogP contribution in [0.3, 0.4) is 0 Å². The summed E-state index contributed by atoms with van der Waals surface area (Å²) in [6.45, 7) is 0.516. The number of rotatable bonds is 8. The van der Waals surface area contributed by atoms with Crippen molar-refractivity contribution in [2.24, 2.45) is 0 Å². The maximum absolute atomic E-state index is 11.3. The molecule has 1 unspecified atom stereocenters. The van der Waals surface area contributed by atoms with Gasteiger partial charge in [0.2, 0.25) is 5.91 Å². The molecular weight excluding hydrogens is 202 g/mol. The van der Waals surface area contributed by atoms with Crippen molar-refractivity contribution in [3.05, 3.63) is 0 Å². The van der Waals surface area contributed by atoms with Crippen LogP contribution in [0.15, 0.2) is 0 Å². The summed E-state index contributed by atoms with van der Waals surface area (Å²) in [5.41, 5.74) is 0. The Morgan fingerprint density at radius 1 is 1.64 bits per heavy atom. The van der Waals surface area contributed by atoms with Crippen molar-refractivity contribution < 1.29 is 14.6 Å². The number of carbonyl (C=O) groups is 1. The average Bonchev–Trinajstić information content (AvgIpc) is 2.15. The predicted octanol–water partition coefficient (Wildman–Crippen LogP) is 0.253. The van der Waals surface area contributed by atoms with Gasteiger partial charge in [-0.3, -0.25) is 4.79 Å². The predicted molar refractivity (Wildman–Crippen MR) is 58.5 cm³/mol. The molecule has 4 nitrogen and oxygen atoms in total. The van der Waals surface area contributed by atoms with Crippen molar-refractivity contribution in [2.75, 3.05) is 32.3 Å². The van der Waals surface area contributed by atoms with Crippen LogP contribution in [0, 0.1) is 0 Å². The van der Waals surface area contributed by atoms with Gasteiger partial charge >= 0.3 is 0 Å². The quantitative estimate of drug-likeness (QED) is 0.617. The first kappa shape index (κ1) is 13.7. The fraction of sp³-hybridized carbons (Fsp3) is 0.889. The minimum atomic E-state index is -0.0700. The number of methoxy groups -OCH3 is 1. The Labute approximate surface area is 89.4 Å². The topological polar surface area (TPSA) is 58.6 Å². The first-order valence-electron chi connectivity index (χ1n) is 4.62. The molecule has 0 radical (unpaired) electrons. The van der Waals surface area contributed by atoms with E-state index in [9.17, 15) is 4.79 Å². The maximum Gasteiger partial charge on any atom is 0.221 e. The number of amides is 1. The van der Waals surface area contributed by atoms with E-state index in [-0.39, 0.29) is 18.6 Å². The van der Waals surface area contributed by atoms with Crippen molar-refractivity contribution >= 4 is 17.7 Å². The van der Waals surface area contributed by atoms with Crippen LogP contribution in [0.4, 0.5) is 0 Å². The Balaban J connectivity index is 3.71. The number of ether oxygens (including phenoxy) is 1. The molecule has 0 heterocycles. The van der Waals surface area contributed by atoms with Gasteiger partial charge in [-0.15, -0.1) is 0 Å². The van der Waals surface area contributed by atoms with E-state index in [0.717, 1.165) is 5.75 Å². The minimum absolute atomic E-state index is 0.0230. The van der Waals surface area contributed by atoms with Crippen molar-refractivity contribution in [2.45, 2.75) is 18.9 Å². The Bertz CT molecular complexity index is 149. The third-order valence-electron chi connectivity index (χ3n) is 1.74. The first-order valence-corrected chi connectivity index (χ1v) is 6.02. The molecule has 14 heavy (non-hydrogen) atoms. The summed E-state index contributed by atoms with van der Waals surface area (Å²) in [6.07, 6.45) is 3.03. The van der Waals surface area contributed by atoms with E-state index in [0.29, 0.717) is 19.4 Å². The molecule has 0 spiro atoms. The number of aliphatic hydroxyl groups excluding tert-OH is 1. The summed E-state index contributed by atoms with van der Waals surface area (Å²) in [5.74, 6) is 0.847. The number of aliphatic hydroxyl groups is 1. The lowest BCUT2D eigenvalue weighted by atomic mass is 10.2. The second-order valence-electron chi connectivity index (χ2n) is 2.97. The Morgan fingerprint density at radius 3 is 2.86 bits per heavy atom. The van der Waals surface area contributed by atoms with Gasteiger partial charge in [0.25, 0.3) is 0 Å². The van der Waals surface area contributed by atoms with Gasteiger partial charge in [-0.1, -0.05) is 0 Å². The SMILES string of the molecule is COCC(CCO)NC(=O)CCSC. The highest BCUT2D eigenvalue weighted by Crippen LogP contribution is 1.97. The molecule has 0 aromatic heterocycles. The summed E-state index contributed by atoms with van der Waals surface area (Å²) in [5, 5.41) is 11.6. The lowest BCUT2D eigenvalue weighted by Crippen LogP contribution is -2.38. The highest BCUT2D eigenvalue weighted by Gasteiger charge is 2.10. The first-order chi connectivity index (χ1) is 6.74. The lowest BCUT2D eigenvalue weighted by molar-refractivity contribution is -0.121. The Hall–Kier alpha value is -0.260. The Morgan fingerprint density at radius 2 is 2.36 bits per heavy atom. The number of carbonyl (C=O) groups excluding carboxylic acids is 1. The van der Waals surface area contributed by atoms with E-state index in [4.69, 9.17) is 9.84 Å². The van der Waals surface area contributed by atoms with Crippen molar-refractivity contribution in [1.29, 1.82) is 0 Å². The van der Waals surface area contributed by atoms with Crippen LogP contribution in [-0.2, 0) is 9.53 Å². The molecule has 5 heteroatoms. The second kappa shape index (κ2) is 9.30. The number of nitrogens with one attached hydrogen (secondary N) is 1. The van der Waals surface area contributed by atoms with Crippen LogP contribution >= 0.6 is 11.8 Å². The molecule has 2 N–H and O–H groups in total. The molecular formula is C9H19NO3S. The van der Waals surface area contributed by atoms with Gasteiger partial charge in [0.15, 0.2) is 0 Å². The van der Waals surface area contributed by atoms with Crippen LogP contribution in [0.1, 0.15) is 12.8 Å². The fourth-order valence-electron chi connectivity index (χ4n) is 1.05. The molecule has 0 aromatic carbocycles. The number of thioether (sulfide) groups is 1. The summed E-state index contributed by atoms with van der Waals surface area (Å²) in [4.78, 5) is 11.3. The average molecular weight is 221 g/mol. The molecule has 0 aliphatic carbocycles. The molecule has 1 amide bonds. The van der Waals surface area contributed by atoms with Crippen LogP contribution in [0.5, 0.6) is 0 Å². The molecule has 84 valence electrons. The zero-order valence-corrected chi connectivity index (χ0v) is 9.60. The normalized spacial score (nSPS) is 12.5. The monoisotopic (exact) mass is 221 g/mol. The van der Waals surface area contributed by atoms with Crippen LogP contribution in [-0.4, -0.2) is 49.4 Å². The molecule has 0 saturated carbocycles. The summed E-state index contributed by atoms with van der Waals surface area (Å²) in [6, 6.07) is -0.0700. The van der Waals surface area contributed by atoms with E-state index in [1.807, 2.05) is 6.26 Å².